The van der Waals surface area contributed by atoms with Crippen molar-refractivity contribution in [2.45, 2.75) is 38.8 Å². The van der Waals surface area contributed by atoms with Crippen LogP contribution in [-0.2, 0) is 6.54 Å². The Balaban J connectivity index is 1.73. The Kier molecular flexibility index (Phi) is 3.20. The molecule has 15 heavy (non-hydrogen) atoms. The molecule has 1 aromatic heterocycles. The first-order valence-corrected chi connectivity index (χ1v) is 6.07. The lowest BCUT2D eigenvalue weighted by molar-refractivity contribution is 0.228. The number of carbonyl (C=O) groups is 1. The summed E-state index contributed by atoms with van der Waals surface area (Å²) >= 11 is 1.58. The molecule has 5 heteroatoms. The number of aromatic nitrogens is 1. The number of hydrogen-bond donors (Lipinski definition) is 2. The number of nitrogens with one attached hydrogen (secondary N) is 2. The van der Waals surface area contributed by atoms with Gasteiger partial charge in [-0.1, -0.05) is 0 Å². The summed E-state index contributed by atoms with van der Waals surface area (Å²) in [4.78, 5) is 16.7. The Bertz CT molecular complexity index is 346. The van der Waals surface area contributed by atoms with Gasteiger partial charge in [0.05, 0.1) is 17.7 Å². The monoisotopic (exact) mass is 225 g/mol. The summed E-state index contributed by atoms with van der Waals surface area (Å²) < 4.78 is 0. The number of carbonyl (C=O) groups excluding carboxylic acids is 1. The molecule has 1 aliphatic carbocycles. The molecule has 0 spiro atoms. The van der Waals surface area contributed by atoms with Gasteiger partial charge < -0.3 is 10.6 Å². The summed E-state index contributed by atoms with van der Waals surface area (Å²) in [6.07, 6.45) is 3.47. The molecule has 1 fully saturated rings. The summed E-state index contributed by atoms with van der Waals surface area (Å²) in [6, 6.07) is 0.333. The van der Waals surface area contributed by atoms with Crippen molar-refractivity contribution in [1.82, 2.24) is 15.6 Å². The van der Waals surface area contributed by atoms with Gasteiger partial charge in [-0.15, -0.1) is 11.3 Å². The van der Waals surface area contributed by atoms with Crippen LogP contribution < -0.4 is 10.6 Å². The van der Waals surface area contributed by atoms with Gasteiger partial charge in [-0.3, -0.25) is 0 Å². The molecule has 2 amide bonds. The summed E-state index contributed by atoms with van der Waals surface area (Å²) in [7, 11) is 0. The molecule has 1 aromatic rings. The molecular formula is C10H15N3OS. The Hall–Kier alpha value is -1.10. The van der Waals surface area contributed by atoms with E-state index in [4.69, 9.17) is 0 Å². The van der Waals surface area contributed by atoms with Crippen LogP contribution >= 0.6 is 11.3 Å². The Morgan fingerprint density at radius 1 is 1.67 bits per heavy atom. The van der Waals surface area contributed by atoms with Crippen molar-refractivity contribution in [3.05, 3.63) is 16.1 Å². The first kappa shape index (κ1) is 10.4. The van der Waals surface area contributed by atoms with Crippen molar-refractivity contribution >= 4 is 17.4 Å². The molecule has 4 nitrogen and oxygen atoms in total. The van der Waals surface area contributed by atoms with E-state index in [0.29, 0.717) is 12.6 Å². The van der Waals surface area contributed by atoms with Crippen molar-refractivity contribution in [2.24, 2.45) is 0 Å². The molecule has 0 saturated heterocycles. The van der Waals surface area contributed by atoms with E-state index in [1.54, 1.807) is 16.8 Å². The van der Waals surface area contributed by atoms with Crippen molar-refractivity contribution in [2.75, 3.05) is 0 Å². The molecular weight excluding hydrogens is 210 g/mol. The van der Waals surface area contributed by atoms with Crippen LogP contribution in [0.5, 0.6) is 0 Å². The minimum atomic E-state index is -0.0625. The van der Waals surface area contributed by atoms with E-state index in [1.807, 2.05) is 6.92 Å². The number of amides is 2. The average molecular weight is 225 g/mol. The van der Waals surface area contributed by atoms with Crippen LogP contribution in [0.15, 0.2) is 5.51 Å². The smallest absolute Gasteiger partial charge is 0.315 e. The zero-order chi connectivity index (χ0) is 10.7. The maximum Gasteiger partial charge on any atom is 0.315 e. The molecule has 0 bridgehead atoms. The molecule has 1 aliphatic rings. The van der Waals surface area contributed by atoms with Crippen LogP contribution in [0.3, 0.4) is 0 Å². The standard InChI is InChI=1S/C10H15N3OS/c1-7-9(15-6-12-7)5-11-10(14)13-8-3-2-4-8/h6,8H,2-5H2,1H3,(H2,11,13,14). The molecule has 0 radical (unpaired) electrons. The van der Waals surface area contributed by atoms with Gasteiger partial charge in [-0.2, -0.15) is 0 Å². The molecule has 2 rings (SSSR count). The highest BCUT2D eigenvalue weighted by Gasteiger charge is 2.19. The number of rotatable bonds is 3. The molecule has 1 saturated carbocycles. The minimum absolute atomic E-state index is 0.0625. The zero-order valence-corrected chi connectivity index (χ0v) is 9.56. The van der Waals surface area contributed by atoms with Crippen molar-refractivity contribution in [1.29, 1.82) is 0 Å². The Morgan fingerprint density at radius 3 is 3.00 bits per heavy atom. The lowest BCUT2D eigenvalue weighted by Crippen LogP contribution is -2.44. The minimum Gasteiger partial charge on any atom is -0.335 e. The lowest BCUT2D eigenvalue weighted by Gasteiger charge is -2.26. The highest BCUT2D eigenvalue weighted by atomic mass is 32.1. The second-order valence-electron chi connectivity index (χ2n) is 3.82. The first-order valence-electron chi connectivity index (χ1n) is 5.19. The number of hydrogen-bond acceptors (Lipinski definition) is 3. The van der Waals surface area contributed by atoms with Crippen LogP contribution in [-0.4, -0.2) is 17.1 Å². The second-order valence-corrected chi connectivity index (χ2v) is 4.76. The maximum atomic E-state index is 11.4. The lowest BCUT2D eigenvalue weighted by atomic mass is 9.93. The van der Waals surface area contributed by atoms with E-state index >= 15 is 0 Å². The van der Waals surface area contributed by atoms with Crippen molar-refractivity contribution in [3.8, 4) is 0 Å². The van der Waals surface area contributed by atoms with Gasteiger partial charge >= 0.3 is 6.03 Å². The third-order valence-electron chi connectivity index (χ3n) is 2.69. The molecule has 82 valence electrons. The van der Waals surface area contributed by atoms with Gasteiger partial charge in [0, 0.05) is 10.9 Å². The van der Waals surface area contributed by atoms with Crippen LogP contribution in [0.2, 0.25) is 0 Å². The molecule has 0 unspecified atom stereocenters. The topological polar surface area (TPSA) is 54.0 Å². The van der Waals surface area contributed by atoms with Crippen LogP contribution in [0.1, 0.15) is 29.8 Å². The van der Waals surface area contributed by atoms with E-state index in [9.17, 15) is 4.79 Å². The van der Waals surface area contributed by atoms with E-state index in [1.165, 1.54) is 6.42 Å². The zero-order valence-electron chi connectivity index (χ0n) is 8.75. The molecule has 1 heterocycles. The van der Waals surface area contributed by atoms with Gasteiger partial charge in [-0.05, 0) is 26.2 Å². The van der Waals surface area contributed by atoms with Gasteiger partial charge in [0.25, 0.3) is 0 Å². The van der Waals surface area contributed by atoms with Gasteiger partial charge in [0.2, 0.25) is 0 Å². The summed E-state index contributed by atoms with van der Waals surface area (Å²) in [5.41, 5.74) is 2.81. The van der Waals surface area contributed by atoms with E-state index in [0.717, 1.165) is 23.4 Å². The highest BCUT2D eigenvalue weighted by Crippen LogP contribution is 2.17. The van der Waals surface area contributed by atoms with Crippen LogP contribution in [0.4, 0.5) is 4.79 Å². The number of urea groups is 1. The summed E-state index contributed by atoms with van der Waals surface area (Å²) in [5, 5.41) is 5.78. The van der Waals surface area contributed by atoms with Crippen LogP contribution in [0, 0.1) is 6.92 Å². The maximum absolute atomic E-state index is 11.4. The SMILES string of the molecule is Cc1ncsc1CNC(=O)NC1CCC1. The molecule has 0 aromatic carbocycles. The van der Waals surface area contributed by atoms with E-state index in [2.05, 4.69) is 15.6 Å². The third kappa shape index (κ3) is 2.68. The predicted octanol–water partition coefficient (Wildman–Crippen LogP) is 1.80. The highest BCUT2D eigenvalue weighted by molar-refractivity contribution is 7.09. The van der Waals surface area contributed by atoms with Crippen LogP contribution in [0.25, 0.3) is 0 Å². The number of nitrogens with zero attached hydrogens (tertiary/aromatic N) is 1. The quantitative estimate of drug-likeness (QED) is 0.824. The second kappa shape index (κ2) is 4.61. The molecule has 2 N–H and O–H groups in total. The van der Waals surface area contributed by atoms with E-state index in [-0.39, 0.29) is 6.03 Å². The Labute approximate surface area is 93.1 Å². The van der Waals surface area contributed by atoms with Crippen molar-refractivity contribution < 1.29 is 4.79 Å². The largest absolute Gasteiger partial charge is 0.335 e. The predicted molar refractivity (Wildman–Crippen MR) is 59.9 cm³/mol. The normalized spacial score (nSPS) is 15.8. The molecule has 0 aliphatic heterocycles. The summed E-state index contributed by atoms with van der Waals surface area (Å²) in [6.45, 7) is 2.53. The number of aryl methyl sites for hydroxylation is 1. The first-order chi connectivity index (χ1) is 7.25. The van der Waals surface area contributed by atoms with Gasteiger partial charge in [0.15, 0.2) is 0 Å². The van der Waals surface area contributed by atoms with E-state index < -0.39 is 0 Å². The average Bonchev–Trinajstić information content (AvgIpc) is 2.55. The molecule has 0 atom stereocenters. The third-order valence-corrected chi connectivity index (χ3v) is 3.63. The summed E-state index contributed by atoms with van der Waals surface area (Å²) in [5.74, 6) is 0. The fourth-order valence-corrected chi connectivity index (χ4v) is 2.16. The van der Waals surface area contributed by atoms with Gasteiger partial charge in [-0.25, -0.2) is 9.78 Å². The van der Waals surface area contributed by atoms with Gasteiger partial charge in [0.1, 0.15) is 0 Å². The van der Waals surface area contributed by atoms with Crippen molar-refractivity contribution in [3.63, 3.8) is 0 Å². The fraction of sp³-hybridized carbons (Fsp3) is 0.600. The number of thiazole rings is 1. The Morgan fingerprint density at radius 2 is 2.47 bits per heavy atom. The fourth-order valence-electron chi connectivity index (χ4n) is 1.45.